The molecule has 1 amide bonds. The van der Waals surface area contributed by atoms with Crippen molar-refractivity contribution in [2.24, 2.45) is 0 Å². The zero-order chi connectivity index (χ0) is 15.0. The van der Waals surface area contributed by atoms with Crippen molar-refractivity contribution in [1.82, 2.24) is 0 Å². The molecule has 0 aliphatic heterocycles. The summed E-state index contributed by atoms with van der Waals surface area (Å²) in [6.07, 6.45) is 0. The first-order chi connectivity index (χ1) is 10.0. The van der Waals surface area contributed by atoms with Crippen LogP contribution in [0.4, 0.5) is 5.69 Å². The van der Waals surface area contributed by atoms with Gasteiger partial charge in [-0.15, -0.1) is 0 Å². The van der Waals surface area contributed by atoms with Crippen LogP contribution in [0, 0.1) is 6.92 Å². The van der Waals surface area contributed by atoms with E-state index in [0.29, 0.717) is 16.3 Å². The number of hydrogen-bond donors (Lipinski definition) is 1. The van der Waals surface area contributed by atoms with Crippen molar-refractivity contribution in [2.45, 2.75) is 6.92 Å². The number of aryl methyl sites for hydroxylation is 1. The summed E-state index contributed by atoms with van der Waals surface area (Å²) in [5, 5.41) is 4.27. The Bertz CT molecular complexity index is 841. The molecule has 1 aromatic heterocycles. The zero-order valence-corrected chi connectivity index (χ0v) is 13.5. The Kier molecular flexibility index (Phi) is 3.74. The van der Waals surface area contributed by atoms with E-state index in [0.717, 1.165) is 15.4 Å². The molecule has 3 aromatic rings. The van der Waals surface area contributed by atoms with Gasteiger partial charge in [-0.25, -0.2) is 0 Å². The van der Waals surface area contributed by atoms with Gasteiger partial charge in [0.25, 0.3) is 5.91 Å². The molecular formula is C16H11BrClNO2. The maximum absolute atomic E-state index is 12.3. The number of rotatable bonds is 2. The van der Waals surface area contributed by atoms with E-state index < -0.39 is 0 Å². The first-order valence-corrected chi connectivity index (χ1v) is 7.46. The van der Waals surface area contributed by atoms with Gasteiger partial charge in [-0.1, -0.05) is 33.6 Å². The molecular weight excluding hydrogens is 354 g/mol. The van der Waals surface area contributed by atoms with E-state index in [1.54, 1.807) is 18.2 Å². The molecule has 0 bridgehead atoms. The lowest BCUT2D eigenvalue weighted by molar-refractivity contribution is 0.0998. The van der Waals surface area contributed by atoms with E-state index in [1.807, 2.05) is 31.2 Å². The van der Waals surface area contributed by atoms with Crippen LogP contribution in [0.5, 0.6) is 0 Å². The van der Waals surface area contributed by atoms with Crippen LogP contribution in [0.2, 0.25) is 5.02 Å². The second-order valence-corrected chi connectivity index (χ2v) is 6.06. The number of hydrogen-bond acceptors (Lipinski definition) is 2. The summed E-state index contributed by atoms with van der Waals surface area (Å²) in [7, 11) is 0. The summed E-state index contributed by atoms with van der Waals surface area (Å²) in [4.78, 5) is 12.3. The molecule has 2 aromatic carbocycles. The van der Waals surface area contributed by atoms with E-state index in [4.69, 9.17) is 16.0 Å². The number of amides is 1. The molecule has 0 spiro atoms. The maximum Gasteiger partial charge on any atom is 0.291 e. The maximum atomic E-state index is 12.3. The van der Waals surface area contributed by atoms with Crippen molar-refractivity contribution in [1.29, 1.82) is 0 Å². The summed E-state index contributed by atoms with van der Waals surface area (Å²) in [5.74, 6) is -0.0323. The Morgan fingerprint density at radius 3 is 2.81 bits per heavy atom. The van der Waals surface area contributed by atoms with Gasteiger partial charge in [0, 0.05) is 20.6 Å². The van der Waals surface area contributed by atoms with Crippen LogP contribution in [0.3, 0.4) is 0 Å². The summed E-state index contributed by atoms with van der Waals surface area (Å²) in [6, 6.07) is 12.7. The molecule has 0 atom stereocenters. The average molecular weight is 365 g/mol. The summed E-state index contributed by atoms with van der Waals surface area (Å²) >= 11 is 9.32. The number of furan rings is 1. The molecule has 0 fully saturated rings. The molecule has 1 N–H and O–H groups in total. The lowest BCUT2D eigenvalue weighted by Gasteiger charge is -2.07. The number of carbonyl (C=O) groups is 1. The normalized spacial score (nSPS) is 10.8. The number of nitrogens with one attached hydrogen (secondary N) is 1. The molecule has 21 heavy (non-hydrogen) atoms. The monoisotopic (exact) mass is 363 g/mol. The topological polar surface area (TPSA) is 42.2 Å². The first kappa shape index (κ1) is 14.2. The van der Waals surface area contributed by atoms with Gasteiger partial charge in [0.15, 0.2) is 5.76 Å². The molecule has 0 saturated heterocycles. The minimum Gasteiger partial charge on any atom is -0.451 e. The summed E-state index contributed by atoms with van der Waals surface area (Å²) < 4.78 is 6.48. The molecule has 0 aliphatic rings. The van der Waals surface area contributed by atoms with Crippen molar-refractivity contribution in [2.75, 3.05) is 5.32 Å². The quantitative estimate of drug-likeness (QED) is 0.660. The molecule has 0 radical (unpaired) electrons. The minimum atomic E-state index is -0.298. The van der Waals surface area contributed by atoms with E-state index in [9.17, 15) is 4.79 Å². The van der Waals surface area contributed by atoms with Gasteiger partial charge >= 0.3 is 0 Å². The number of fused-ring (bicyclic) bond motifs is 1. The molecule has 0 unspecified atom stereocenters. The highest BCUT2D eigenvalue weighted by Crippen LogP contribution is 2.25. The Labute approximate surface area is 135 Å². The summed E-state index contributed by atoms with van der Waals surface area (Å²) in [5.41, 5.74) is 2.28. The third kappa shape index (κ3) is 2.96. The first-order valence-electron chi connectivity index (χ1n) is 6.29. The van der Waals surface area contributed by atoms with Crippen LogP contribution in [-0.2, 0) is 0 Å². The minimum absolute atomic E-state index is 0.266. The smallest absolute Gasteiger partial charge is 0.291 e. The van der Waals surface area contributed by atoms with Crippen LogP contribution < -0.4 is 5.32 Å². The molecule has 1 heterocycles. The molecule has 3 rings (SSSR count). The van der Waals surface area contributed by atoms with Crippen LogP contribution >= 0.6 is 27.5 Å². The van der Waals surface area contributed by atoms with Crippen molar-refractivity contribution in [3.63, 3.8) is 0 Å². The van der Waals surface area contributed by atoms with E-state index in [-0.39, 0.29) is 11.7 Å². The molecule has 106 valence electrons. The van der Waals surface area contributed by atoms with Gasteiger partial charge in [-0.05, 0) is 48.9 Å². The predicted octanol–water partition coefficient (Wildman–Crippen LogP) is 5.41. The van der Waals surface area contributed by atoms with Crippen molar-refractivity contribution < 1.29 is 9.21 Å². The van der Waals surface area contributed by atoms with Gasteiger partial charge < -0.3 is 9.73 Å². The van der Waals surface area contributed by atoms with Crippen LogP contribution in [0.1, 0.15) is 16.1 Å². The molecule has 0 saturated carbocycles. The third-order valence-electron chi connectivity index (χ3n) is 3.15. The van der Waals surface area contributed by atoms with Crippen molar-refractivity contribution in [3.05, 3.63) is 63.3 Å². The molecule has 3 nitrogen and oxygen atoms in total. The zero-order valence-electron chi connectivity index (χ0n) is 11.1. The highest BCUT2D eigenvalue weighted by atomic mass is 79.9. The molecule has 5 heteroatoms. The van der Waals surface area contributed by atoms with E-state index in [2.05, 4.69) is 21.2 Å². The fourth-order valence-electron chi connectivity index (χ4n) is 2.03. The van der Waals surface area contributed by atoms with Gasteiger partial charge in [0.05, 0.1) is 0 Å². The average Bonchev–Trinajstić information content (AvgIpc) is 2.86. The van der Waals surface area contributed by atoms with Crippen molar-refractivity contribution >= 4 is 50.1 Å². The van der Waals surface area contributed by atoms with Gasteiger partial charge in [-0.3, -0.25) is 4.79 Å². The van der Waals surface area contributed by atoms with E-state index in [1.165, 1.54) is 0 Å². The second-order valence-electron chi connectivity index (χ2n) is 4.71. The fourth-order valence-corrected chi connectivity index (χ4v) is 2.54. The summed E-state index contributed by atoms with van der Waals surface area (Å²) in [6.45, 7) is 1.90. The Morgan fingerprint density at radius 2 is 2.00 bits per heavy atom. The second kappa shape index (κ2) is 5.54. The number of carbonyl (C=O) groups excluding carboxylic acids is 1. The highest BCUT2D eigenvalue weighted by molar-refractivity contribution is 9.10. The van der Waals surface area contributed by atoms with Crippen molar-refractivity contribution in [3.8, 4) is 0 Å². The number of anilines is 1. The predicted molar refractivity (Wildman–Crippen MR) is 88.1 cm³/mol. The van der Waals surface area contributed by atoms with E-state index >= 15 is 0 Å². The lowest BCUT2D eigenvalue weighted by Crippen LogP contribution is -2.11. The number of benzene rings is 2. The number of halogens is 2. The Balaban J connectivity index is 1.91. The SMILES string of the molecule is Cc1ccc(Cl)cc1NC(=O)c1cc2ccc(Br)cc2o1. The lowest BCUT2D eigenvalue weighted by atomic mass is 10.2. The Morgan fingerprint density at radius 1 is 1.19 bits per heavy atom. The van der Waals surface area contributed by atoms with Gasteiger partial charge in [0.1, 0.15) is 5.58 Å². The van der Waals surface area contributed by atoms with Gasteiger partial charge in [-0.2, -0.15) is 0 Å². The Hall–Kier alpha value is -1.78. The van der Waals surface area contributed by atoms with Crippen LogP contribution in [0.15, 0.2) is 51.4 Å². The standard InChI is InChI=1S/C16H11BrClNO2/c1-9-2-5-12(18)8-13(9)19-16(20)15-6-10-3-4-11(17)7-14(10)21-15/h2-8H,1H3,(H,19,20). The van der Waals surface area contributed by atoms with Crippen LogP contribution in [-0.4, -0.2) is 5.91 Å². The fraction of sp³-hybridized carbons (Fsp3) is 0.0625. The third-order valence-corrected chi connectivity index (χ3v) is 3.88. The highest BCUT2D eigenvalue weighted by Gasteiger charge is 2.13. The largest absolute Gasteiger partial charge is 0.451 e. The van der Waals surface area contributed by atoms with Crippen LogP contribution in [0.25, 0.3) is 11.0 Å². The van der Waals surface area contributed by atoms with Gasteiger partial charge in [0.2, 0.25) is 0 Å². The molecule has 0 aliphatic carbocycles.